The van der Waals surface area contributed by atoms with Crippen molar-refractivity contribution in [1.82, 2.24) is 0 Å². The van der Waals surface area contributed by atoms with Gasteiger partial charge < -0.3 is 14.2 Å². The summed E-state index contributed by atoms with van der Waals surface area (Å²) < 4.78 is 16.1. The second-order valence-corrected chi connectivity index (χ2v) is 3.71. The van der Waals surface area contributed by atoms with E-state index < -0.39 is 0 Å². The summed E-state index contributed by atoms with van der Waals surface area (Å²) in [4.78, 5) is 0. The molecule has 0 aliphatic carbocycles. The molecule has 1 saturated heterocycles. The fourth-order valence-corrected chi connectivity index (χ4v) is 1.81. The molecule has 1 heterocycles. The predicted octanol–water partition coefficient (Wildman–Crippen LogP) is 2.47. The smallest absolute Gasteiger partial charge is 0.125 e. The van der Waals surface area contributed by atoms with Crippen molar-refractivity contribution in [1.29, 1.82) is 0 Å². The molecule has 1 unspecified atom stereocenters. The van der Waals surface area contributed by atoms with Crippen LogP contribution in [0.3, 0.4) is 0 Å². The quantitative estimate of drug-likeness (QED) is 0.763. The molecule has 1 aliphatic rings. The summed E-state index contributed by atoms with van der Waals surface area (Å²) in [5, 5.41) is 0. The Labute approximate surface area is 90.0 Å². The normalized spacial score (nSPS) is 19.5. The summed E-state index contributed by atoms with van der Waals surface area (Å²) in [7, 11) is 3.36. The molecule has 0 amide bonds. The van der Waals surface area contributed by atoms with Crippen molar-refractivity contribution in [3.05, 3.63) is 23.3 Å². The summed E-state index contributed by atoms with van der Waals surface area (Å²) in [5.74, 6) is 1.78. The summed E-state index contributed by atoms with van der Waals surface area (Å²) in [6, 6.07) is 4.01. The molecule has 1 aromatic rings. The maximum Gasteiger partial charge on any atom is 0.125 e. The fourth-order valence-electron chi connectivity index (χ4n) is 1.81. The summed E-state index contributed by atoms with van der Waals surface area (Å²) >= 11 is 0. The van der Waals surface area contributed by atoms with Gasteiger partial charge >= 0.3 is 0 Å². The van der Waals surface area contributed by atoms with Gasteiger partial charge in [-0.25, -0.2) is 0 Å². The van der Waals surface area contributed by atoms with E-state index in [-0.39, 0.29) is 6.10 Å². The molecular weight excluding hydrogens is 192 g/mol. The number of ether oxygens (including phenoxy) is 3. The van der Waals surface area contributed by atoms with E-state index in [1.54, 1.807) is 14.2 Å². The summed E-state index contributed by atoms with van der Waals surface area (Å²) in [6.45, 7) is 2.84. The molecule has 1 atom stereocenters. The van der Waals surface area contributed by atoms with Gasteiger partial charge in [0, 0.05) is 12.0 Å². The van der Waals surface area contributed by atoms with Crippen molar-refractivity contribution in [2.45, 2.75) is 19.4 Å². The molecule has 0 aromatic heterocycles. The largest absolute Gasteiger partial charge is 0.496 e. The van der Waals surface area contributed by atoms with Crippen LogP contribution < -0.4 is 9.47 Å². The number of hydrogen-bond acceptors (Lipinski definition) is 3. The molecule has 0 N–H and O–H groups in total. The highest BCUT2D eigenvalue weighted by Crippen LogP contribution is 2.38. The molecule has 1 aromatic carbocycles. The van der Waals surface area contributed by atoms with Gasteiger partial charge in [-0.3, -0.25) is 0 Å². The Balaban J connectivity index is 2.40. The van der Waals surface area contributed by atoms with Gasteiger partial charge in [0.25, 0.3) is 0 Å². The number of aryl methyl sites for hydroxylation is 1. The first-order valence-corrected chi connectivity index (χ1v) is 5.10. The average molecular weight is 208 g/mol. The van der Waals surface area contributed by atoms with Crippen molar-refractivity contribution >= 4 is 0 Å². The Kier molecular flexibility index (Phi) is 2.82. The highest BCUT2D eigenvalue weighted by atomic mass is 16.5. The first kappa shape index (κ1) is 10.3. The van der Waals surface area contributed by atoms with Gasteiger partial charge in [-0.1, -0.05) is 0 Å². The topological polar surface area (TPSA) is 27.7 Å². The summed E-state index contributed by atoms with van der Waals surface area (Å²) in [5.41, 5.74) is 2.17. The van der Waals surface area contributed by atoms with Gasteiger partial charge in [0.2, 0.25) is 0 Å². The first-order chi connectivity index (χ1) is 7.26. The molecular formula is C12H16O3. The van der Waals surface area contributed by atoms with E-state index in [0.717, 1.165) is 35.7 Å². The zero-order valence-electron chi connectivity index (χ0n) is 9.37. The average Bonchev–Trinajstić information content (AvgIpc) is 2.17. The molecule has 0 bridgehead atoms. The highest BCUT2D eigenvalue weighted by Gasteiger charge is 2.24. The van der Waals surface area contributed by atoms with Crippen LogP contribution in [0.5, 0.6) is 11.5 Å². The third-order valence-corrected chi connectivity index (χ3v) is 2.79. The van der Waals surface area contributed by atoms with Crippen LogP contribution in [0.2, 0.25) is 0 Å². The van der Waals surface area contributed by atoms with Gasteiger partial charge in [-0.15, -0.1) is 0 Å². The SMILES string of the molecule is COc1cc(C2CCO2)c(OC)cc1C. The van der Waals surface area contributed by atoms with Crippen molar-refractivity contribution < 1.29 is 14.2 Å². The Morgan fingerprint density at radius 2 is 1.87 bits per heavy atom. The second-order valence-electron chi connectivity index (χ2n) is 3.71. The minimum absolute atomic E-state index is 0.175. The molecule has 3 heteroatoms. The molecule has 15 heavy (non-hydrogen) atoms. The lowest BCUT2D eigenvalue weighted by Gasteiger charge is -2.28. The predicted molar refractivity (Wildman–Crippen MR) is 57.6 cm³/mol. The zero-order chi connectivity index (χ0) is 10.8. The third-order valence-electron chi connectivity index (χ3n) is 2.79. The van der Waals surface area contributed by atoms with Gasteiger partial charge in [0.15, 0.2) is 0 Å². The molecule has 0 spiro atoms. The van der Waals surface area contributed by atoms with Gasteiger partial charge in [0.05, 0.1) is 26.9 Å². The van der Waals surface area contributed by atoms with Crippen molar-refractivity contribution in [3.63, 3.8) is 0 Å². The standard InChI is InChI=1S/C12H16O3/c1-8-6-12(14-3)9(7-11(8)13-2)10-4-5-15-10/h6-7,10H,4-5H2,1-3H3. The summed E-state index contributed by atoms with van der Waals surface area (Å²) in [6.07, 6.45) is 1.23. The maximum absolute atomic E-state index is 5.46. The molecule has 3 nitrogen and oxygen atoms in total. The van der Waals surface area contributed by atoms with Crippen LogP contribution in [0, 0.1) is 6.92 Å². The number of hydrogen-bond donors (Lipinski definition) is 0. The van der Waals surface area contributed by atoms with E-state index in [9.17, 15) is 0 Å². The maximum atomic E-state index is 5.46. The zero-order valence-corrected chi connectivity index (χ0v) is 9.37. The number of benzene rings is 1. The minimum atomic E-state index is 0.175. The van der Waals surface area contributed by atoms with Gasteiger partial charge in [-0.2, -0.15) is 0 Å². The molecule has 1 fully saturated rings. The van der Waals surface area contributed by atoms with Crippen LogP contribution >= 0.6 is 0 Å². The molecule has 0 saturated carbocycles. The highest BCUT2D eigenvalue weighted by molar-refractivity contribution is 5.47. The fraction of sp³-hybridized carbons (Fsp3) is 0.500. The van der Waals surface area contributed by atoms with Crippen molar-refractivity contribution in [3.8, 4) is 11.5 Å². The van der Waals surface area contributed by atoms with Crippen molar-refractivity contribution in [2.24, 2.45) is 0 Å². The Hall–Kier alpha value is -1.22. The number of methoxy groups -OCH3 is 2. The lowest BCUT2D eigenvalue weighted by Crippen LogP contribution is -2.19. The van der Waals surface area contributed by atoms with Crippen LogP contribution in [0.1, 0.15) is 23.7 Å². The van der Waals surface area contributed by atoms with E-state index in [1.807, 2.05) is 19.1 Å². The Morgan fingerprint density at radius 3 is 2.33 bits per heavy atom. The molecule has 1 aliphatic heterocycles. The van der Waals surface area contributed by atoms with E-state index in [4.69, 9.17) is 14.2 Å². The Morgan fingerprint density at radius 1 is 1.20 bits per heavy atom. The van der Waals surface area contributed by atoms with E-state index in [2.05, 4.69) is 0 Å². The molecule has 0 radical (unpaired) electrons. The third kappa shape index (κ3) is 1.79. The van der Waals surface area contributed by atoms with E-state index in [1.165, 1.54) is 0 Å². The monoisotopic (exact) mass is 208 g/mol. The lowest BCUT2D eigenvalue weighted by atomic mass is 10.00. The van der Waals surface area contributed by atoms with E-state index >= 15 is 0 Å². The second kappa shape index (κ2) is 4.11. The Bertz CT molecular complexity index is 356. The van der Waals surface area contributed by atoms with Crippen LogP contribution in [0.25, 0.3) is 0 Å². The van der Waals surface area contributed by atoms with Crippen molar-refractivity contribution in [2.75, 3.05) is 20.8 Å². The van der Waals surface area contributed by atoms with E-state index in [0.29, 0.717) is 0 Å². The van der Waals surface area contributed by atoms with Crippen LogP contribution in [0.4, 0.5) is 0 Å². The number of rotatable bonds is 3. The molecule has 82 valence electrons. The minimum Gasteiger partial charge on any atom is -0.496 e. The van der Waals surface area contributed by atoms with Crippen LogP contribution in [-0.2, 0) is 4.74 Å². The van der Waals surface area contributed by atoms with Crippen LogP contribution in [0.15, 0.2) is 12.1 Å². The lowest BCUT2D eigenvalue weighted by molar-refractivity contribution is -0.0538. The van der Waals surface area contributed by atoms with Crippen LogP contribution in [-0.4, -0.2) is 20.8 Å². The van der Waals surface area contributed by atoms with Gasteiger partial charge in [-0.05, 0) is 24.6 Å². The first-order valence-electron chi connectivity index (χ1n) is 5.10. The molecule has 2 rings (SSSR count). The van der Waals surface area contributed by atoms with Gasteiger partial charge in [0.1, 0.15) is 11.5 Å².